The molecule has 0 N–H and O–H groups in total. The molecule has 0 aromatic heterocycles. The average molecular weight is 361 g/mol. The second-order valence-corrected chi connectivity index (χ2v) is 7.18. The van der Waals surface area contributed by atoms with Crippen molar-refractivity contribution in [3.8, 4) is 0 Å². The molecule has 0 amide bonds. The number of hydrogen-bond acceptors (Lipinski definition) is 4. The molecule has 1 unspecified atom stereocenters. The molecule has 1 aromatic rings. The minimum Gasteiger partial charge on any atom is -0.459 e. The van der Waals surface area contributed by atoms with Crippen LogP contribution in [0.1, 0.15) is 27.2 Å². The maximum absolute atomic E-state index is 12.5. The van der Waals surface area contributed by atoms with Crippen LogP contribution in [-0.4, -0.2) is 20.5 Å². The van der Waals surface area contributed by atoms with E-state index in [1.165, 1.54) is 13.0 Å². The predicted molar refractivity (Wildman–Crippen MR) is 80.9 cm³/mol. The van der Waals surface area contributed by atoms with E-state index >= 15 is 0 Å². The van der Waals surface area contributed by atoms with Crippen molar-refractivity contribution in [1.29, 1.82) is 0 Å². The van der Waals surface area contributed by atoms with Crippen LogP contribution in [0, 0.1) is 0 Å². The molecule has 4 nitrogen and oxygen atoms in total. The van der Waals surface area contributed by atoms with E-state index in [4.69, 9.17) is 4.74 Å². The molecule has 0 aliphatic carbocycles. The predicted octanol–water partition coefficient (Wildman–Crippen LogP) is 3.47. The first-order valence-electron chi connectivity index (χ1n) is 6.16. The molecule has 0 heterocycles. The minimum absolute atomic E-state index is 0.226. The minimum atomic E-state index is -3.55. The number of hydrogen-bond donors (Lipinski definition) is 0. The van der Waals surface area contributed by atoms with Gasteiger partial charge in [-0.2, -0.15) is 0 Å². The lowest BCUT2D eigenvalue weighted by Crippen LogP contribution is -2.13. The molecular weight excluding hydrogens is 344 g/mol. The second-order valence-electron chi connectivity index (χ2n) is 4.26. The summed E-state index contributed by atoms with van der Waals surface area (Å²) in [6, 6.07) is 6.43. The lowest BCUT2D eigenvalue weighted by molar-refractivity contribution is -0.143. The number of carbonyl (C=O) groups is 1. The standard InChI is InChI=1S/C14H17BrO4S/c1-4-13(9-10(2)19-11(3)16)20(17,18)14-7-5-12(15)6-8-14/h5-10H,4H2,1-3H3/b13-9-. The van der Waals surface area contributed by atoms with Gasteiger partial charge in [0.05, 0.1) is 4.90 Å². The highest BCUT2D eigenvalue weighted by Gasteiger charge is 2.20. The number of halogens is 1. The molecule has 0 radical (unpaired) electrons. The highest BCUT2D eigenvalue weighted by Crippen LogP contribution is 2.24. The molecule has 110 valence electrons. The molecule has 0 aliphatic rings. The van der Waals surface area contributed by atoms with Gasteiger partial charge in [0.25, 0.3) is 0 Å². The van der Waals surface area contributed by atoms with Gasteiger partial charge < -0.3 is 4.74 Å². The van der Waals surface area contributed by atoms with Gasteiger partial charge in [-0.15, -0.1) is 0 Å². The van der Waals surface area contributed by atoms with Gasteiger partial charge in [0.15, 0.2) is 0 Å². The molecule has 1 aromatic carbocycles. The van der Waals surface area contributed by atoms with Crippen LogP contribution in [0.4, 0.5) is 0 Å². The van der Waals surface area contributed by atoms with E-state index in [9.17, 15) is 13.2 Å². The van der Waals surface area contributed by atoms with Gasteiger partial charge in [0.2, 0.25) is 9.84 Å². The summed E-state index contributed by atoms with van der Waals surface area (Å²) in [6.45, 7) is 4.68. The molecule has 0 saturated heterocycles. The third-order valence-corrected chi connectivity index (χ3v) is 5.13. The Morgan fingerprint density at radius 1 is 1.35 bits per heavy atom. The molecule has 1 atom stereocenters. The summed E-state index contributed by atoms with van der Waals surface area (Å²) in [5.41, 5.74) is 0. The Balaban J connectivity index is 3.12. The van der Waals surface area contributed by atoms with Crippen molar-refractivity contribution < 1.29 is 17.9 Å². The molecule has 1 rings (SSSR count). The van der Waals surface area contributed by atoms with Crippen LogP contribution >= 0.6 is 15.9 Å². The van der Waals surface area contributed by atoms with Crippen LogP contribution < -0.4 is 0 Å². The van der Waals surface area contributed by atoms with Crippen molar-refractivity contribution in [2.75, 3.05) is 0 Å². The summed E-state index contributed by atoms with van der Waals surface area (Å²) in [4.78, 5) is 11.3. The smallest absolute Gasteiger partial charge is 0.303 e. The lowest BCUT2D eigenvalue weighted by atomic mass is 10.3. The second kappa shape index (κ2) is 7.04. The van der Waals surface area contributed by atoms with Gasteiger partial charge in [0, 0.05) is 16.3 Å². The van der Waals surface area contributed by atoms with Crippen molar-refractivity contribution in [3.05, 3.63) is 39.7 Å². The first-order chi connectivity index (χ1) is 9.27. The van der Waals surface area contributed by atoms with Crippen molar-refractivity contribution in [1.82, 2.24) is 0 Å². The number of esters is 1. The summed E-state index contributed by atoms with van der Waals surface area (Å²) < 4.78 is 30.7. The summed E-state index contributed by atoms with van der Waals surface area (Å²) in [6.07, 6.45) is 1.23. The van der Waals surface area contributed by atoms with E-state index in [1.54, 1.807) is 38.1 Å². The van der Waals surface area contributed by atoms with Crippen molar-refractivity contribution in [2.24, 2.45) is 0 Å². The van der Waals surface area contributed by atoms with Gasteiger partial charge in [0.1, 0.15) is 6.10 Å². The normalized spacial score (nSPS) is 13.9. The Hall–Kier alpha value is -1.14. The van der Waals surface area contributed by atoms with Crippen LogP contribution in [0.25, 0.3) is 0 Å². The van der Waals surface area contributed by atoms with Gasteiger partial charge >= 0.3 is 5.97 Å². The van der Waals surface area contributed by atoms with Crippen LogP contribution in [0.15, 0.2) is 44.6 Å². The number of benzene rings is 1. The summed E-state index contributed by atoms with van der Waals surface area (Å²) in [5.74, 6) is -0.440. The fourth-order valence-electron chi connectivity index (χ4n) is 1.72. The molecule has 0 fully saturated rings. The topological polar surface area (TPSA) is 60.4 Å². The van der Waals surface area contributed by atoms with E-state index in [2.05, 4.69) is 15.9 Å². The Labute approximate surface area is 127 Å². The van der Waals surface area contributed by atoms with Crippen molar-refractivity contribution in [3.63, 3.8) is 0 Å². The Morgan fingerprint density at radius 2 is 1.90 bits per heavy atom. The van der Waals surface area contributed by atoms with E-state index < -0.39 is 21.9 Å². The number of sulfone groups is 1. The molecular formula is C14H17BrO4S. The van der Waals surface area contributed by atoms with Crippen molar-refractivity contribution in [2.45, 2.75) is 38.2 Å². The quantitative estimate of drug-likeness (QED) is 0.754. The number of allylic oxidation sites excluding steroid dienone is 1. The number of ether oxygens (including phenoxy) is 1. The molecule has 0 bridgehead atoms. The highest BCUT2D eigenvalue weighted by atomic mass is 79.9. The molecule has 20 heavy (non-hydrogen) atoms. The van der Waals surface area contributed by atoms with Crippen LogP contribution in [-0.2, 0) is 19.4 Å². The summed E-state index contributed by atoms with van der Waals surface area (Å²) >= 11 is 3.27. The van der Waals surface area contributed by atoms with E-state index in [1.807, 2.05) is 0 Å². The zero-order valence-electron chi connectivity index (χ0n) is 11.6. The molecule has 0 aliphatic heterocycles. The largest absolute Gasteiger partial charge is 0.459 e. The first-order valence-corrected chi connectivity index (χ1v) is 8.43. The average Bonchev–Trinajstić information content (AvgIpc) is 2.35. The fraction of sp³-hybridized carbons (Fsp3) is 0.357. The van der Waals surface area contributed by atoms with Gasteiger partial charge in [-0.25, -0.2) is 8.42 Å². The molecule has 0 saturated carbocycles. The zero-order valence-corrected chi connectivity index (χ0v) is 14.0. The maximum atomic E-state index is 12.5. The summed E-state index contributed by atoms with van der Waals surface area (Å²) in [5, 5.41) is 0. The molecule has 0 spiro atoms. The monoisotopic (exact) mass is 360 g/mol. The van der Waals surface area contributed by atoms with Gasteiger partial charge in [-0.1, -0.05) is 22.9 Å². The van der Waals surface area contributed by atoms with Crippen LogP contribution in [0.3, 0.4) is 0 Å². The van der Waals surface area contributed by atoms with Crippen LogP contribution in [0.5, 0.6) is 0 Å². The van der Waals surface area contributed by atoms with E-state index in [0.29, 0.717) is 6.42 Å². The fourth-order valence-corrected chi connectivity index (χ4v) is 3.53. The van der Waals surface area contributed by atoms with Crippen LogP contribution in [0.2, 0.25) is 0 Å². The number of rotatable bonds is 5. The Bertz CT molecular complexity index is 603. The Morgan fingerprint density at radius 3 is 2.35 bits per heavy atom. The molecule has 6 heteroatoms. The third kappa shape index (κ3) is 4.45. The third-order valence-electron chi connectivity index (χ3n) is 2.59. The van der Waals surface area contributed by atoms with Crippen molar-refractivity contribution >= 4 is 31.7 Å². The Kier molecular flexibility index (Phi) is 5.95. The van der Waals surface area contributed by atoms with Gasteiger partial charge in [-0.3, -0.25) is 4.79 Å². The highest BCUT2D eigenvalue weighted by molar-refractivity contribution is 9.10. The zero-order chi connectivity index (χ0) is 15.3. The summed E-state index contributed by atoms with van der Waals surface area (Å²) in [7, 11) is -3.55. The maximum Gasteiger partial charge on any atom is 0.303 e. The lowest BCUT2D eigenvalue weighted by Gasteiger charge is -2.11. The first kappa shape index (κ1) is 16.9. The van der Waals surface area contributed by atoms with E-state index in [-0.39, 0.29) is 9.80 Å². The number of carbonyl (C=O) groups excluding carboxylic acids is 1. The van der Waals surface area contributed by atoms with E-state index in [0.717, 1.165) is 4.47 Å². The van der Waals surface area contributed by atoms with Gasteiger partial charge in [-0.05, 0) is 43.7 Å². The SMILES string of the molecule is CC/C(=C/C(C)OC(C)=O)S(=O)(=O)c1ccc(Br)cc1.